The molecule has 1 fully saturated rings. The van der Waals surface area contributed by atoms with Gasteiger partial charge in [-0.3, -0.25) is 4.79 Å². The van der Waals surface area contributed by atoms with Crippen molar-refractivity contribution in [2.75, 3.05) is 0 Å². The van der Waals surface area contributed by atoms with E-state index in [0.717, 1.165) is 16.8 Å². The molecule has 2 heterocycles. The van der Waals surface area contributed by atoms with E-state index in [1.807, 2.05) is 34.6 Å². The van der Waals surface area contributed by atoms with E-state index in [1.54, 1.807) is 6.08 Å². The normalized spacial score (nSPS) is 17.2. The number of rotatable bonds is 2. The monoisotopic (exact) mass is 291 g/mol. The van der Waals surface area contributed by atoms with Crippen LogP contribution in [0.2, 0.25) is 0 Å². The molecule has 1 N–H and O–H groups in total. The molecular formula is C16H21NO4. The minimum absolute atomic E-state index is 0.213. The second-order valence-corrected chi connectivity index (χ2v) is 6.25. The summed E-state index contributed by atoms with van der Waals surface area (Å²) in [6.45, 7) is 9.28. The first kappa shape index (κ1) is 15.4. The number of esters is 2. The molecule has 114 valence electrons. The number of nitrogens with one attached hydrogen (secondary N) is 1. The molecule has 1 aromatic rings. The van der Waals surface area contributed by atoms with Crippen LogP contribution in [0, 0.1) is 13.8 Å². The average Bonchev–Trinajstić information content (AvgIpc) is 2.86. The highest BCUT2D eigenvalue weighted by Gasteiger charge is 2.23. The van der Waals surface area contributed by atoms with Crippen LogP contribution in [0.4, 0.5) is 0 Å². The highest BCUT2D eigenvalue weighted by molar-refractivity contribution is 5.90. The van der Waals surface area contributed by atoms with Gasteiger partial charge in [0.05, 0.1) is 6.42 Å². The second-order valence-electron chi connectivity index (χ2n) is 6.25. The fraction of sp³-hybridized carbons (Fsp3) is 0.500. The molecule has 0 aliphatic carbocycles. The van der Waals surface area contributed by atoms with E-state index in [4.69, 9.17) is 9.47 Å². The fourth-order valence-electron chi connectivity index (χ4n) is 2.13. The number of cyclic esters (lactones) is 1. The lowest BCUT2D eigenvalue weighted by Crippen LogP contribution is -2.24. The number of ether oxygens (including phenoxy) is 2. The molecule has 0 spiro atoms. The van der Waals surface area contributed by atoms with Gasteiger partial charge in [-0.05, 0) is 45.7 Å². The summed E-state index contributed by atoms with van der Waals surface area (Å²) in [5, 5.41) is 0. The summed E-state index contributed by atoms with van der Waals surface area (Å²) in [6, 6.07) is 0. The quantitative estimate of drug-likeness (QED) is 0.849. The summed E-state index contributed by atoms with van der Waals surface area (Å²) in [5.74, 6) is 0.0332. The minimum atomic E-state index is -0.540. The molecule has 1 aromatic heterocycles. The minimum Gasteiger partial charge on any atom is -0.455 e. The van der Waals surface area contributed by atoms with E-state index >= 15 is 0 Å². The van der Waals surface area contributed by atoms with Gasteiger partial charge in [-0.15, -0.1) is 0 Å². The highest BCUT2D eigenvalue weighted by atomic mass is 16.6. The van der Waals surface area contributed by atoms with Gasteiger partial charge in [0.15, 0.2) is 0 Å². The van der Waals surface area contributed by atoms with Crippen molar-refractivity contribution in [2.24, 2.45) is 0 Å². The maximum atomic E-state index is 12.2. The lowest BCUT2D eigenvalue weighted by Gasteiger charge is -2.19. The summed E-state index contributed by atoms with van der Waals surface area (Å²) in [5.41, 5.74) is 2.48. The lowest BCUT2D eigenvalue weighted by molar-refractivity contribution is -0.135. The molecule has 0 atom stereocenters. The van der Waals surface area contributed by atoms with E-state index < -0.39 is 5.60 Å². The Bertz CT molecular complexity index is 617. The Balaban J connectivity index is 2.28. The number of hydrogen-bond acceptors (Lipinski definition) is 4. The summed E-state index contributed by atoms with van der Waals surface area (Å²) >= 11 is 0. The van der Waals surface area contributed by atoms with Gasteiger partial charge < -0.3 is 14.5 Å². The standard InChI is InChI=1S/C16H21NO4/c1-9-10(2)14(15(19)21-16(3,4)5)17-12(9)8-11-6-7-13(18)20-11/h8,17H,6-7H2,1-5H3/b11-8+. The number of aromatic nitrogens is 1. The average molecular weight is 291 g/mol. The van der Waals surface area contributed by atoms with Crippen molar-refractivity contribution < 1.29 is 19.1 Å². The SMILES string of the molecule is Cc1c(/C=C2\CCC(=O)O2)[nH]c(C(=O)OC(C)(C)C)c1C. The predicted octanol–water partition coefficient (Wildman–Crippen LogP) is 3.26. The molecule has 0 radical (unpaired) electrons. The van der Waals surface area contributed by atoms with Crippen LogP contribution in [0.25, 0.3) is 6.08 Å². The molecule has 0 aromatic carbocycles. The Labute approximate surface area is 124 Å². The molecule has 0 bridgehead atoms. The number of hydrogen-bond donors (Lipinski definition) is 1. The number of carbonyl (C=O) groups excluding carboxylic acids is 2. The first-order chi connectivity index (χ1) is 9.67. The van der Waals surface area contributed by atoms with Gasteiger partial charge in [-0.2, -0.15) is 0 Å². The van der Waals surface area contributed by atoms with E-state index in [9.17, 15) is 9.59 Å². The first-order valence-electron chi connectivity index (χ1n) is 7.01. The molecule has 1 saturated heterocycles. The van der Waals surface area contributed by atoms with Crippen LogP contribution < -0.4 is 0 Å². The smallest absolute Gasteiger partial charge is 0.355 e. The summed E-state index contributed by atoms with van der Waals surface area (Å²) in [6.07, 6.45) is 2.78. The highest BCUT2D eigenvalue weighted by Crippen LogP contribution is 2.25. The van der Waals surface area contributed by atoms with Crippen molar-refractivity contribution in [2.45, 2.75) is 53.1 Å². The zero-order chi connectivity index (χ0) is 15.8. The number of aromatic amines is 1. The largest absolute Gasteiger partial charge is 0.455 e. The van der Waals surface area contributed by atoms with Crippen LogP contribution in [0.15, 0.2) is 5.76 Å². The Hall–Kier alpha value is -2.04. The third-order valence-corrected chi connectivity index (χ3v) is 3.33. The van der Waals surface area contributed by atoms with Crippen molar-refractivity contribution in [3.8, 4) is 0 Å². The van der Waals surface area contributed by atoms with Gasteiger partial charge in [0.2, 0.25) is 0 Å². The van der Waals surface area contributed by atoms with Gasteiger partial charge in [0.25, 0.3) is 0 Å². The van der Waals surface area contributed by atoms with Gasteiger partial charge in [-0.25, -0.2) is 4.79 Å². The van der Waals surface area contributed by atoms with Crippen LogP contribution in [-0.4, -0.2) is 22.5 Å². The maximum absolute atomic E-state index is 12.2. The maximum Gasteiger partial charge on any atom is 0.355 e. The molecule has 0 saturated carbocycles. The van der Waals surface area contributed by atoms with Gasteiger partial charge in [-0.1, -0.05) is 0 Å². The van der Waals surface area contributed by atoms with Crippen LogP contribution in [0.3, 0.4) is 0 Å². The molecule has 0 amide bonds. The Kier molecular flexibility index (Phi) is 3.94. The van der Waals surface area contributed by atoms with Crippen molar-refractivity contribution in [1.29, 1.82) is 0 Å². The molecule has 1 aliphatic rings. The zero-order valence-electron chi connectivity index (χ0n) is 13.1. The van der Waals surface area contributed by atoms with Crippen LogP contribution >= 0.6 is 0 Å². The lowest BCUT2D eigenvalue weighted by atomic mass is 10.1. The molecule has 5 heteroatoms. The van der Waals surface area contributed by atoms with Gasteiger partial charge >= 0.3 is 11.9 Å². The second kappa shape index (κ2) is 5.39. The molecular weight excluding hydrogens is 270 g/mol. The topological polar surface area (TPSA) is 68.4 Å². The first-order valence-corrected chi connectivity index (χ1v) is 7.01. The predicted molar refractivity (Wildman–Crippen MR) is 78.7 cm³/mol. The van der Waals surface area contributed by atoms with E-state index in [-0.39, 0.29) is 11.9 Å². The fourth-order valence-corrected chi connectivity index (χ4v) is 2.13. The number of carbonyl (C=O) groups is 2. The third-order valence-electron chi connectivity index (χ3n) is 3.33. The van der Waals surface area contributed by atoms with Crippen molar-refractivity contribution in [3.63, 3.8) is 0 Å². The molecule has 2 rings (SSSR count). The third kappa shape index (κ3) is 3.54. The summed E-state index contributed by atoms with van der Waals surface area (Å²) in [4.78, 5) is 26.4. The molecule has 1 aliphatic heterocycles. The van der Waals surface area contributed by atoms with Crippen LogP contribution in [0.5, 0.6) is 0 Å². The molecule has 0 unspecified atom stereocenters. The van der Waals surface area contributed by atoms with E-state index in [1.165, 1.54) is 0 Å². The Morgan fingerprint density at radius 3 is 2.43 bits per heavy atom. The van der Waals surface area contributed by atoms with Crippen molar-refractivity contribution >= 4 is 18.0 Å². The van der Waals surface area contributed by atoms with E-state index in [0.29, 0.717) is 24.3 Å². The van der Waals surface area contributed by atoms with Crippen LogP contribution in [0.1, 0.15) is 60.9 Å². The molecule has 21 heavy (non-hydrogen) atoms. The Morgan fingerprint density at radius 1 is 1.24 bits per heavy atom. The van der Waals surface area contributed by atoms with Gasteiger partial charge in [0.1, 0.15) is 17.1 Å². The van der Waals surface area contributed by atoms with Gasteiger partial charge in [0, 0.05) is 18.2 Å². The van der Waals surface area contributed by atoms with Crippen molar-refractivity contribution in [1.82, 2.24) is 4.98 Å². The number of allylic oxidation sites excluding steroid dienone is 1. The Morgan fingerprint density at radius 2 is 1.90 bits per heavy atom. The summed E-state index contributed by atoms with van der Waals surface area (Å²) < 4.78 is 10.5. The summed E-state index contributed by atoms with van der Waals surface area (Å²) in [7, 11) is 0. The zero-order valence-corrected chi connectivity index (χ0v) is 13.1. The molecule has 5 nitrogen and oxygen atoms in total. The number of H-pyrrole nitrogens is 1. The van der Waals surface area contributed by atoms with Crippen LogP contribution in [-0.2, 0) is 14.3 Å². The van der Waals surface area contributed by atoms with E-state index in [2.05, 4.69) is 4.98 Å². The van der Waals surface area contributed by atoms with Crippen molar-refractivity contribution in [3.05, 3.63) is 28.3 Å².